The second-order valence-corrected chi connectivity index (χ2v) is 4.10. The molecule has 4 nitrogen and oxygen atoms in total. The van der Waals surface area contributed by atoms with Crippen LogP contribution in [0.4, 0.5) is 5.82 Å². The molecule has 1 aliphatic carbocycles. The van der Waals surface area contributed by atoms with Gasteiger partial charge in [-0.15, -0.1) is 0 Å². The fourth-order valence-corrected chi connectivity index (χ4v) is 2.10. The number of nitrogens with two attached hydrogens (primary N) is 1. The van der Waals surface area contributed by atoms with Gasteiger partial charge in [0.15, 0.2) is 0 Å². The predicted molar refractivity (Wildman–Crippen MR) is 63.3 cm³/mol. The third-order valence-electron chi connectivity index (χ3n) is 2.94. The van der Waals surface area contributed by atoms with E-state index in [1.807, 2.05) is 6.92 Å². The molecular weight excluding hydrogens is 202 g/mol. The van der Waals surface area contributed by atoms with E-state index in [1.165, 1.54) is 18.4 Å². The Morgan fingerprint density at radius 2 is 2.06 bits per heavy atom. The van der Waals surface area contributed by atoms with Crippen LogP contribution < -0.4 is 5.73 Å². The van der Waals surface area contributed by atoms with E-state index < -0.39 is 0 Å². The van der Waals surface area contributed by atoms with Crippen LogP contribution in [-0.2, 0) is 24.0 Å². The first-order chi connectivity index (χ1) is 7.81. The quantitative estimate of drug-likeness (QED) is 0.783. The van der Waals surface area contributed by atoms with Crippen LogP contribution in [0.5, 0.6) is 0 Å². The average molecular weight is 221 g/mol. The van der Waals surface area contributed by atoms with Crippen LogP contribution in [-0.4, -0.2) is 23.2 Å². The number of aromatic nitrogens is 2. The molecule has 1 aromatic heterocycles. The molecule has 0 fully saturated rings. The Kier molecular flexibility index (Phi) is 3.72. The number of fused-ring (bicyclic) bond motifs is 1. The molecule has 88 valence electrons. The van der Waals surface area contributed by atoms with Crippen molar-refractivity contribution < 1.29 is 4.74 Å². The standard InChI is InChI=1S/C12H19N3O/c1-2-16-8-7-11-14-10-6-4-3-5-9(10)12(13)15-11/h2-8H2,1H3,(H2,13,14,15). The van der Waals surface area contributed by atoms with Gasteiger partial charge < -0.3 is 10.5 Å². The molecule has 0 aromatic carbocycles. The van der Waals surface area contributed by atoms with Crippen molar-refractivity contribution in [1.29, 1.82) is 0 Å². The third kappa shape index (κ3) is 2.50. The summed E-state index contributed by atoms with van der Waals surface area (Å²) in [6.07, 6.45) is 5.26. The summed E-state index contributed by atoms with van der Waals surface area (Å²) in [6, 6.07) is 0. The van der Waals surface area contributed by atoms with Gasteiger partial charge in [-0.2, -0.15) is 0 Å². The van der Waals surface area contributed by atoms with Gasteiger partial charge in [0.1, 0.15) is 11.6 Å². The van der Waals surface area contributed by atoms with E-state index in [0.717, 1.165) is 37.4 Å². The fraction of sp³-hybridized carbons (Fsp3) is 0.667. The van der Waals surface area contributed by atoms with Gasteiger partial charge in [0.25, 0.3) is 0 Å². The summed E-state index contributed by atoms with van der Waals surface area (Å²) in [5.41, 5.74) is 8.28. The first kappa shape index (κ1) is 11.3. The highest BCUT2D eigenvalue weighted by atomic mass is 16.5. The molecule has 0 spiro atoms. The summed E-state index contributed by atoms with van der Waals surface area (Å²) < 4.78 is 5.30. The van der Waals surface area contributed by atoms with E-state index in [2.05, 4.69) is 9.97 Å². The van der Waals surface area contributed by atoms with Crippen LogP contribution in [0.25, 0.3) is 0 Å². The maximum absolute atomic E-state index is 5.95. The van der Waals surface area contributed by atoms with Crippen LogP contribution >= 0.6 is 0 Å². The second-order valence-electron chi connectivity index (χ2n) is 4.10. The van der Waals surface area contributed by atoms with E-state index >= 15 is 0 Å². The van der Waals surface area contributed by atoms with Crippen LogP contribution in [0.3, 0.4) is 0 Å². The Labute approximate surface area is 96.2 Å². The van der Waals surface area contributed by atoms with Gasteiger partial charge in [0.2, 0.25) is 0 Å². The first-order valence-electron chi connectivity index (χ1n) is 6.03. The summed E-state index contributed by atoms with van der Waals surface area (Å²) in [4.78, 5) is 8.92. The molecule has 0 saturated carbocycles. The minimum atomic E-state index is 0.675. The van der Waals surface area contributed by atoms with Gasteiger partial charge in [0, 0.05) is 24.3 Å². The molecule has 2 rings (SSSR count). The number of aryl methyl sites for hydroxylation is 1. The SMILES string of the molecule is CCOCCc1nc(N)c2c(n1)CCCC2. The molecule has 0 saturated heterocycles. The van der Waals surface area contributed by atoms with Gasteiger partial charge in [-0.3, -0.25) is 0 Å². The molecule has 2 N–H and O–H groups in total. The number of nitrogen functional groups attached to an aromatic ring is 1. The first-order valence-corrected chi connectivity index (χ1v) is 6.03. The number of nitrogens with zero attached hydrogens (tertiary/aromatic N) is 2. The van der Waals surface area contributed by atoms with Crippen LogP contribution in [0.1, 0.15) is 36.8 Å². The summed E-state index contributed by atoms with van der Waals surface area (Å²) in [5, 5.41) is 0. The average Bonchev–Trinajstić information content (AvgIpc) is 2.30. The molecule has 0 amide bonds. The molecule has 0 atom stereocenters. The van der Waals surface area contributed by atoms with Crippen molar-refractivity contribution in [3.05, 3.63) is 17.1 Å². The molecule has 0 aliphatic heterocycles. The Balaban J connectivity index is 2.12. The molecule has 0 bridgehead atoms. The molecular formula is C12H19N3O. The largest absolute Gasteiger partial charge is 0.383 e. The van der Waals surface area contributed by atoms with Crippen molar-refractivity contribution in [3.8, 4) is 0 Å². The van der Waals surface area contributed by atoms with E-state index in [9.17, 15) is 0 Å². The molecule has 16 heavy (non-hydrogen) atoms. The highest BCUT2D eigenvalue weighted by Crippen LogP contribution is 2.23. The highest BCUT2D eigenvalue weighted by Gasteiger charge is 2.15. The lowest BCUT2D eigenvalue weighted by Crippen LogP contribution is -2.14. The lowest BCUT2D eigenvalue weighted by atomic mass is 9.96. The van der Waals surface area contributed by atoms with E-state index in [4.69, 9.17) is 10.5 Å². The Morgan fingerprint density at radius 1 is 1.25 bits per heavy atom. The zero-order valence-corrected chi connectivity index (χ0v) is 9.83. The van der Waals surface area contributed by atoms with Gasteiger partial charge in [-0.25, -0.2) is 9.97 Å². The summed E-state index contributed by atoms with van der Waals surface area (Å²) in [5.74, 6) is 1.50. The number of rotatable bonds is 4. The zero-order valence-electron chi connectivity index (χ0n) is 9.83. The molecule has 4 heteroatoms. The van der Waals surface area contributed by atoms with Crippen molar-refractivity contribution in [2.24, 2.45) is 0 Å². The smallest absolute Gasteiger partial charge is 0.133 e. The van der Waals surface area contributed by atoms with E-state index in [1.54, 1.807) is 0 Å². The number of anilines is 1. The lowest BCUT2D eigenvalue weighted by molar-refractivity contribution is 0.149. The maximum Gasteiger partial charge on any atom is 0.133 e. The Hall–Kier alpha value is -1.16. The van der Waals surface area contributed by atoms with Crippen molar-refractivity contribution >= 4 is 5.82 Å². The van der Waals surface area contributed by atoms with Gasteiger partial charge in [0.05, 0.1) is 6.61 Å². The number of ether oxygens (including phenoxy) is 1. The molecule has 0 radical (unpaired) electrons. The minimum Gasteiger partial charge on any atom is -0.383 e. The Bertz CT molecular complexity index is 366. The molecule has 1 aliphatic rings. The van der Waals surface area contributed by atoms with Crippen LogP contribution in [0, 0.1) is 0 Å². The second kappa shape index (κ2) is 5.25. The number of hydrogen-bond acceptors (Lipinski definition) is 4. The summed E-state index contributed by atoms with van der Waals surface area (Å²) in [7, 11) is 0. The normalized spacial score (nSPS) is 14.8. The Morgan fingerprint density at radius 3 is 2.88 bits per heavy atom. The van der Waals surface area contributed by atoms with E-state index in [0.29, 0.717) is 12.4 Å². The monoisotopic (exact) mass is 221 g/mol. The van der Waals surface area contributed by atoms with Gasteiger partial charge >= 0.3 is 0 Å². The lowest BCUT2D eigenvalue weighted by Gasteiger charge is -2.17. The van der Waals surface area contributed by atoms with Crippen LogP contribution in [0.2, 0.25) is 0 Å². The van der Waals surface area contributed by atoms with Crippen molar-refractivity contribution in [2.75, 3.05) is 18.9 Å². The van der Waals surface area contributed by atoms with Crippen molar-refractivity contribution in [3.63, 3.8) is 0 Å². The number of hydrogen-bond donors (Lipinski definition) is 1. The van der Waals surface area contributed by atoms with Crippen LogP contribution in [0.15, 0.2) is 0 Å². The predicted octanol–water partition coefficient (Wildman–Crippen LogP) is 1.52. The summed E-state index contributed by atoms with van der Waals surface area (Å²) >= 11 is 0. The molecule has 1 heterocycles. The summed E-state index contributed by atoms with van der Waals surface area (Å²) in [6.45, 7) is 3.40. The van der Waals surface area contributed by atoms with E-state index in [-0.39, 0.29) is 0 Å². The third-order valence-corrected chi connectivity index (χ3v) is 2.94. The van der Waals surface area contributed by atoms with Crippen molar-refractivity contribution in [2.45, 2.75) is 39.0 Å². The minimum absolute atomic E-state index is 0.675. The molecule has 0 unspecified atom stereocenters. The topological polar surface area (TPSA) is 61.0 Å². The van der Waals surface area contributed by atoms with Gasteiger partial charge in [-0.05, 0) is 32.6 Å². The van der Waals surface area contributed by atoms with Gasteiger partial charge in [-0.1, -0.05) is 0 Å². The molecule has 1 aromatic rings. The fourth-order valence-electron chi connectivity index (χ4n) is 2.10. The highest BCUT2D eigenvalue weighted by molar-refractivity contribution is 5.43. The van der Waals surface area contributed by atoms with Crippen molar-refractivity contribution in [1.82, 2.24) is 9.97 Å². The maximum atomic E-state index is 5.95. The zero-order chi connectivity index (χ0) is 11.4.